The number of aromatic nitrogens is 3. The highest BCUT2D eigenvalue weighted by Crippen LogP contribution is 2.27. The first-order chi connectivity index (χ1) is 13.9. The largest absolute Gasteiger partial charge is 0.349 e. The summed E-state index contributed by atoms with van der Waals surface area (Å²) in [5.41, 5.74) is 3.37. The van der Waals surface area contributed by atoms with Crippen molar-refractivity contribution < 1.29 is 4.79 Å². The lowest BCUT2D eigenvalue weighted by Gasteiger charge is -2.41. The Morgan fingerprint density at radius 1 is 1.17 bits per heavy atom. The minimum atomic E-state index is -0.146. The molecule has 6 nitrogen and oxygen atoms in total. The predicted octanol–water partition coefficient (Wildman–Crippen LogP) is 3.48. The molecule has 1 amide bonds. The Labute approximate surface area is 175 Å². The van der Waals surface area contributed by atoms with E-state index in [0.717, 1.165) is 19.5 Å². The summed E-state index contributed by atoms with van der Waals surface area (Å²) in [5, 5.41) is 3.78. The van der Waals surface area contributed by atoms with Gasteiger partial charge >= 0.3 is 0 Å². The smallest absolute Gasteiger partial charge is 0.263 e. The third-order valence-corrected chi connectivity index (χ3v) is 6.58. The molecule has 1 aliphatic rings. The summed E-state index contributed by atoms with van der Waals surface area (Å²) in [6.45, 7) is 8.70. The molecule has 0 saturated heterocycles. The second kappa shape index (κ2) is 8.00. The van der Waals surface area contributed by atoms with Gasteiger partial charge in [0.25, 0.3) is 5.91 Å². The van der Waals surface area contributed by atoms with Crippen LogP contribution in [0.1, 0.15) is 40.3 Å². The number of hydrogen-bond donors (Lipinski definition) is 1. The first-order valence-corrected chi connectivity index (χ1v) is 10.6. The third-order valence-electron chi connectivity index (χ3n) is 5.43. The quantitative estimate of drug-likeness (QED) is 0.701. The van der Waals surface area contributed by atoms with Gasteiger partial charge in [0.1, 0.15) is 4.88 Å². The molecule has 150 valence electrons. The Kier molecular flexibility index (Phi) is 5.43. The van der Waals surface area contributed by atoms with Gasteiger partial charge in [-0.1, -0.05) is 24.3 Å². The molecule has 1 N–H and O–H groups in total. The molecule has 29 heavy (non-hydrogen) atoms. The van der Waals surface area contributed by atoms with Crippen molar-refractivity contribution in [1.29, 1.82) is 0 Å². The summed E-state index contributed by atoms with van der Waals surface area (Å²) in [6, 6.07) is 10.4. The summed E-state index contributed by atoms with van der Waals surface area (Å²) in [5.74, 6) is 0.458. The second-order valence-electron chi connectivity index (χ2n) is 7.94. The van der Waals surface area contributed by atoms with Gasteiger partial charge in [0, 0.05) is 37.6 Å². The number of hydrogen-bond acceptors (Lipinski definition) is 6. The zero-order valence-corrected chi connectivity index (χ0v) is 17.8. The summed E-state index contributed by atoms with van der Waals surface area (Å²) in [7, 11) is 0. The maximum atomic E-state index is 12.8. The lowest BCUT2D eigenvalue weighted by atomic mass is 9.94. The fourth-order valence-electron chi connectivity index (χ4n) is 3.61. The minimum absolute atomic E-state index is 0.0901. The molecule has 2 aromatic heterocycles. The van der Waals surface area contributed by atoms with Gasteiger partial charge in [-0.2, -0.15) is 0 Å². The molecular formula is C22H25N5OS. The topological polar surface area (TPSA) is 71.0 Å². The van der Waals surface area contributed by atoms with Crippen molar-refractivity contribution >= 4 is 17.2 Å². The SMILES string of the molecule is Cc1nc(-c2ncccn2)sc1C(=O)NCC(C)(C)N1CCc2ccccc2C1. The Hall–Kier alpha value is -2.64. The summed E-state index contributed by atoms with van der Waals surface area (Å²) >= 11 is 1.34. The van der Waals surface area contributed by atoms with Crippen molar-refractivity contribution in [2.24, 2.45) is 0 Å². The molecule has 3 heterocycles. The number of benzene rings is 1. The molecule has 0 unspecified atom stereocenters. The number of amides is 1. The van der Waals surface area contributed by atoms with E-state index in [0.29, 0.717) is 27.9 Å². The zero-order chi connectivity index (χ0) is 20.4. The van der Waals surface area contributed by atoms with Crippen LogP contribution in [0.4, 0.5) is 0 Å². The lowest BCUT2D eigenvalue weighted by molar-refractivity contribution is 0.0828. The van der Waals surface area contributed by atoms with E-state index in [1.54, 1.807) is 18.5 Å². The van der Waals surface area contributed by atoms with Gasteiger partial charge in [0.15, 0.2) is 10.8 Å². The third kappa shape index (κ3) is 4.21. The van der Waals surface area contributed by atoms with Crippen LogP contribution in [0, 0.1) is 6.92 Å². The van der Waals surface area contributed by atoms with E-state index in [4.69, 9.17) is 0 Å². The highest BCUT2D eigenvalue weighted by molar-refractivity contribution is 7.17. The van der Waals surface area contributed by atoms with E-state index < -0.39 is 0 Å². The van der Waals surface area contributed by atoms with Crippen LogP contribution in [0.15, 0.2) is 42.7 Å². The minimum Gasteiger partial charge on any atom is -0.349 e. The molecule has 7 heteroatoms. The molecule has 0 fully saturated rings. The number of aryl methyl sites for hydroxylation is 1. The molecule has 0 radical (unpaired) electrons. The number of rotatable bonds is 5. The molecule has 3 aromatic rings. The Bertz CT molecular complexity index is 1020. The summed E-state index contributed by atoms with van der Waals surface area (Å²) in [6.07, 6.45) is 4.40. The van der Waals surface area contributed by atoms with Crippen molar-refractivity contribution in [3.8, 4) is 10.8 Å². The van der Waals surface area contributed by atoms with Gasteiger partial charge in [0.2, 0.25) is 0 Å². The Morgan fingerprint density at radius 3 is 2.66 bits per heavy atom. The van der Waals surface area contributed by atoms with E-state index in [1.165, 1.54) is 22.5 Å². The number of carbonyl (C=O) groups is 1. The van der Waals surface area contributed by atoms with Gasteiger partial charge < -0.3 is 5.32 Å². The number of nitrogens with one attached hydrogen (secondary N) is 1. The molecule has 1 aromatic carbocycles. The van der Waals surface area contributed by atoms with Crippen LogP contribution < -0.4 is 5.32 Å². The van der Waals surface area contributed by atoms with E-state index in [1.807, 2.05) is 6.92 Å². The molecule has 0 aliphatic carbocycles. The predicted molar refractivity (Wildman–Crippen MR) is 115 cm³/mol. The maximum absolute atomic E-state index is 12.8. The second-order valence-corrected chi connectivity index (χ2v) is 8.94. The molecule has 0 bridgehead atoms. The molecule has 0 atom stereocenters. The van der Waals surface area contributed by atoms with E-state index in [9.17, 15) is 4.79 Å². The number of carbonyl (C=O) groups excluding carboxylic acids is 1. The van der Waals surface area contributed by atoms with Crippen LogP contribution in [0.25, 0.3) is 10.8 Å². The maximum Gasteiger partial charge on any atom is 0.263 e. The fourth-order valence-corrected chi connectivity index (χ4v) is 4.54. The summed E-state index contributed by atoms with van der Waals surface area (Å²) < 4.78 is 0. The first-order valence-electron chi connectivity index (χ1n) is 9.79. The van der Waals surface area contributed by atoms with E-state index in [-0.39, 0.29) is 11.4 Å². The van der Waals surface area contributed by atoms with E-state index >= 15 is 0 Å². The van der Waals surface area contributed by atoms with Crippen LogP contribution >= 0.6 is 11.3 Å². The van der Waals surface area contributed by atoms with Crippen molar-refractivity contribution in [3.05, 3.63) is 64.4 Å². The average Bonchev–Trinajstić information content (AvgIpc) is 3.14. The lowest BCUT2D eigenvalue weighted by Crippen LogP contribution is -2.53. The number of nitrogens with zero attached hydrogens (tertiary/aromatic N) is 4. The fraction of sp³-hybridized carbons (Fsp3) is 0.364. The molecule has 0 spiro atoms. The van der Waals surface area contributed by atoms with Gasteiger partial charge in [0.05, 0.1) is 5.69 Å². The highest BCUT2D eigenvalue weighted by atomic mass is 32.1. The van der Waals surface area contributed by atoms with Crippen LogP contribution in [0.5, 0.6) is 0 Å². The average molecular weight is 408 g/mol. The zero-order valence-electron chi connectivity index (χ0n) is 17.0. The number of thiazole rings is 1. The molecular weight excluding hydrogens is 382 g/mol. The normalized spacial score (nSPS) is 14.4. The number of fused-ring (bicyclic) bond motifs is 1. The Balaban J connectivity index is 1.42. The van der Waals surface area contributed by atoms with Gasteiger partial charge in [-0.05, 0) is 44.4 Å². The standard InChI is InChI=1S/C22H25N5OS/c1-15-18(29-21(26-15)19-23-10-6-11-24-19)20(28)25-14-22(2,3)27-12-9-16-7-4-5-8-17(16)13-27/h4-8,10-11H,9,12-14H2,1-3H3,(H,25,28). The highest BCUT2D eigenvalue weighted by Gasteiger charge is 2.30. The van der Waals surface area contributed by atoms with Crippen molar-refractivity contribution in [1.82, 2.24) is 25.2 Å². The van der Waals surface area contributed by atoms with Crippen molar-refractivity contribution in [3.63, 3.8) is 0 Å². The van der Waals surface area contributed by atoms with Gasteiger partial charge in [-0.15, -0.1) is 11.3 Å². The van der Waals surface area contributed by atoms with Crippen LogP contribution in [-0.2, 0) is 13.0 Å². The van der Waals surface area contributed by atoms with Gasteiger partial charge in [-0.25, -0.2) is 15.0 Å². The van der Waals surface area contributed by atoms with Crippen LogP contribution in [0.3, 0.4) is 0 Å². The Morgan fingerprint density at radius 2 is 1.90 bits per heavy atom. The van der Waals surface area contributed by atoms with Crippen LogP contribution in [-0.4, -0.2) is 44.4 Å². The molecule has 4 rings (SSSR count). The van der Waals surface area contributed by atoms with E-state index in [2.05, 4.69) is 63.3 Å². The molecule has 0 saturated carbocycles. The van der Waals surface area contributed by atoms with Crippen LogP contribution in [0.2, 0.25) is 0 Å². The van der Waals surface area contributed by atoms with Crippen molar-refractivity contribution in [2.45, 2.75) is 39.3 Å². The monoisotopic (exact) mass is 407 g/mol. The summed E-state index contributed by atoms with van der Waals surface area (Å²) in [4.78, 5) is 28.8. The van der Waals surface area contributed by atoms with Crippen molar-refractivity contribution in [2.75, 3.05) is 13.1 Å². The van der Waals surface area contributed by atoms with Gasteiger partial charge in [-0.3, -0.25) is 9.69 Å². The molecule has 1 aliphatic heterocycles. The first kappa shape index (κ1) is 19.7.